The number of anilines is 1. The third-order valence-electron chi connectivity index (χ3n) is 5.65. The quantitative estimate of drug-likeness (QED) is 0.594. The van der Waals surface area contributed by atoms with E-state index >= 15 is 0 Å². The lowest BCUT2D eigenvalue weighted by Gasteiger charge is -2.29. The molecule has 3 rings (SSSR count). The van der Waals surface area contributed by atoms with Crippen LogP contribution in [-0.2, 0) is 17.8 Å². The fourth-order valence-corrected chi connectivity index (χ4v) is 3.96. The summed E-state index contributed by atoms with van der Waals surface area (Å²) in [5, 5.41) is 3.09. The van der Waals surface area contributed by atoms with Gasteiger partial charge in [-0.1, -0.05) is 25.1 Å². The Labute approximate surface area is 173 Å². The number of hydrogen-bond donors (Lipinski definition) is 3. The lowest BCUT2D eigenvalue weighted by molar-refractivity contribution is -1.02. The maximum atomic E-state index is 12.5. The molecule has 1 heterocycles. The number of piperazine rings is 1. The minimum Gasteiger partial charge on any atom is -0.493 e. The second-order valence-electron chi connectivity index (χ2n) is 7.60. The summed E-state index contributed by atoms with van der Waals surface area (Å²) in [6.07, 6.45) is 0.918. The molecular formula is C23H33N3O3+2. The van der Waals surface area contributed by atoms with Crippen LogP contribution in [0.3, 0.4) is 0 Å². The highest BCUT2D eigenvalue weighted by atomic mass is 16.5. The van der Waals surface area contributed by atoms with Crippen molar-refractivity contribution in [1.82, 2.24) is 0 Å². The molecule has 0 atom stereocenters. The van der Waals surface area contributed by atoms with E-state index in [1.54, 1.807) is 14.2 Å². The zero-order valence-electron chi connectivity index (χ0n) is 17.7. The van der Waals surface area contributed by atoms with Crippen molar-refractivity contribution < 1.29 is 24.1 Å². The van der Waals surface area contributed by atoms with E-state index in [1.165, 1.54) is 20.9 Å². The van der Waals surface area contributed by atoms with Crippen molar-refractivity contribution in [3.63, 3.8) is 0 Å². The fourth-order valence-electron chi connectivity index (χ4n) is 3.96. The third-order valence-corrected chi connectivity index (χ3v) is 5.65. The van der Waals surface area contributed by atoms with Crippen molar-refractivity contribution in [2.45, 2.75) is 19.9 Å². The molecule has 2 aromatic carbocycles. The van der Waals surface area contributed by atoms with Crippen molar-refractivity contribution in [3.8, 4) is 11.5 Å². The number of nitrogens with one attached hydrogen (secondary N) is 3. The number of amides is 1. The summed E-state index contributed by atoms with van der Waals surface area (Å²) in [5.74, 6) is 1.64. The number of carbonyl (C=O) groups is 1. The van der Waals surface area contributed by atoms with Crippen molar-refractivity contribution in [2.75, 3.05) is 52.3 Å². The molecule has 1 fully saturated rings. The zero-order valence-corrected chi connectivity index (χ0v) is 17.7. The highest BCUT2D eigenvalue weighted by Gasteiger charge is 2.25. The van der Waals surface area contributed by atoms with E-state index in [-0.39, 0.29) is 5.91 Å². The molecule has 29 heavy (non-hydrogen) atoms. The van der Waals surface area contributed by atoms with Crippen LogP contribution in [0.4, 0.5) is 5.69 Å². The summed E-state index contributed by atoms with van der Waals surface area (Å²) in [7, 11) is 3.32. The number of quaternary nitrogens is 2. The number of methoxy groups -OCH3 is 2. The second kappa shape index (κ2) is 10.3. The van der Waals surface area contributed by atoms with E-state index in [1.807, 2.05) is 24.3 Å². The summed E-state index contributed by atoms with van der Waals surface area (Å²) < 4.78 is 10.7. The molecule has 1 saturated heterocycles. The van der Waals surface area contributed by atoms with Gasteiger partial charge in [-0.2, -0.15) is 0 Å². The Morgan fingerprint density at radius 1 is 0.966 bits per heavy atom. The average Bonchev–Trinajstić information content (AvgIpc) is 2.75. The minimum atomic E-state index is 0.101. The highest BCUT2D eigenvalue weighted by Crippen LogP contribution is 2.27. The Morgan fingerprint density at radius 2 is 1.66 bits per heavy atom. The molecule has 1 aliphatic rings. The molecule has 1 aliphatic heterocycles. The first kappa shape index (κ1) is 21.1. The van der Waals surface area contributed by atoms with Crippen LogP contribution >= 0.6 is 0 Å². The smallest absolute Gasteiger partial charge is 0.279 e. The fraction of sp³-hybridized carbons (Fsp3) is 0.435. The number of carbonyl (C=O) groups excluding carboxylic acids is 1. The molecule has 6 nitrogen and oxygen atoms in total. The predicted octanol–water partition coefficient (Wildman–Crippen LogP) is 0.188. The zero-order chi connectivity index (χ0) is 20.6. The van der Waals surface area contributed by atoms with Crippen LogP contribution in [0, 0.1) is 0 Å². The maximum Gasteiger partial charge on any atom is 0.279 e. The van der Waals surface area contributed by atoms with Gasteiger partial charge in [-0.15, -0.1) is 0 Å². The van der Waals surface area contributed by atoms with Crippen LogP contribution in [0.15, 0.2) is 42.5 Å². The average molecular weight is 400 g/mol. The van der Waals surface area contributed by atoms with Gasteiger partial charge in [-0.05, 0) is 36.2 Å². The number of rotatable bonds is 8. The Kier molecular flexibility index (Phi) is 7.49. The van der Waals surface area contributed by atoms with Gasteiger partial charge in [-0.3, -0.25) is 4.79 Å². The topological polar surface area (TPSA) is 56.4 Å². The maximum absolute atomic E-state index is 12.5. The molecule has 156 valence electrons. The van der Waals surface area contributed by atoms with E-state index < -0.39 is 0 Å². The summed E-state index contributed by atoms with van der Waals surface area (Å²) in [6.45, 7) is 7.73. The van der Waals surface area contributed by atoms with Crippen LogP contribution in [0.25, 0.3) is 0 Å². The van der Waals surface area contributed by atoms with Gasteiger partial charge in [0.1, 0.15) is 32.7 Å². The van der Waals surface area contributed by atoms with Crippen molar-refractivity contribution in [1.29, 1.82) is 0 Å². The van der Waals surface area contributed by atoms with E-state index in [9.17, 15) is 4.79 Å². The van der Waals surface area contributed by atoms with Gasteiger partial charge in [0.2, 0.25) is 0 Å². The molecule has 0 spiro atoms. The Hall–Kier alpha value is -2.57. The van der Waals surface area contributed by atoms with Gasteiger partial charge in [0.25, 0.3) is 5.91 Å². The molecule has 0 bridgehead atoms. The third kappa shape index (κ3) is 5.71. The number of para-hydroxylation sites is 1. The molecule has 1 amide bonds. The summed E-state index contributed by atoms with van der Waals surface area (Å²) in [6, 6.07) is 14.2. The first-order valence-corrected chi connectivity index (χ1v) is 10.4. The van der Waals surface area contributed by atoms with Crippen LogP contribution < -0.4 is 24.6 Å². The largest absolute Gasteiger partial charge is 0.493 e. The van der Waals surface area contributed by atoms with Crippen LogP contribution in [0.1, 0.15) is 18.1 Å². The monoisotopic (exact) mass is 399 g/mol. The lowest BCUT2D eigenvalue weighted by Crippen LogP contribution is -3.28. The molecule has 0 saturated carbocycles. The first-order chi connectivity index (χ1) is 14.1. The molecule has 2 aromatic rings. The van der Waals surface area contributed by atoms with Gasteiger partial charge in [0.15, 0.2) is 18.0 Å². The van der Waals surface area contributed by atoms with E-state index in [0.29, 0.717) is 6.54 Å². The van der Waals surface area contributed by atoms with Crippen LogP contribution in [-0.4, -0.2) is 52.9 Å². The molecule has 0 unspecified atom stereocenters. The Bertz CT molecular complexity index is 817. The molecule has 6 heteroatoms. The standard InChI is InChI=1S/C23H31N3O3/c1-4-19-7-5-6-8-20(19)24-23(27)17-26-13-11-25(12-14-26)16-18-9-10-21(28-2)22(15-18)29-3/h5-10,15H,4,11-14,16-17H2,1-3H3,(H,24,27)/p+2. The van der Waals surface area contributed by atoms with Gasteiger partial charge in [0, 0.05) is 11.3 Å². The molecule has 0 aliphatic carbocycles. The van der Waals surface area contributed by atoms with Crippen LogP contribution in [0.2, 0.25) is 0 Å². The molecule has 0 aromatic heterocycles. The van der Waals surface area contributed by atoms with Gasteiger partial charge >= 0.3 is 0 Å². The number of hydrogen-bond acceptors (Lipinski definition) is 3. The Balaban J connectivity index is 1.47. The molecule has 3 N–H and O–H groups in total. The van der Waals surface area contributed by atoms with E-state index in [4.69, 9.17) is 9.47 Å². The molecule has 0 radical (unpaired) electrons. The number of ether oxygens (including phenoxy) is 2. The summed E-state index contributed by atoms with van der Waals surface area (Å²) >= 11 is 0. The Morgan fingerprint density at radius 3 is 2.34 bits per heavy atom. The summed E-state index contributed by atoms with van der Waals surface area (Å²) in [5.41, 5.74) is 3.37. The van der Waals surface area contributed by atoms with Gasteiger partial charge < -0.3 is 24.6 Å². The van der Waals surface area contributed by atoms with E-state index in [0.717, 1.165) is 56.3 Å². The summed E-state index contributed by atoms with van der Waals surface area (Å²) in [4.78, 5) is 15.4. The van der Waals surface area contributed by atoms with Gasteiger partial charge in [0.05, 0.1) is 14.2 Å². The number of benzene rings is 2. The number of aryl methyl sites for hydroxylation is 1. The second-order valence-corrected chi connectivity index (χ2v) is 7.60. The minimum absolute atomic E-state index is 0.101. The van der Waals surface area contributed by atoms with Crippen LogP contribution in [0.5, 0.6) is 11.5 Å². The first-order valence-electron chi connectivity index (χ1n) is 10.4. The van der Waals surface area contributed by atoms with Crippen molar-refractivity contribution >= 4 is 11.6 Å². The lowest BCUT2D eigenvalue weighted by atomic mass is 10.1. The van der Waals surface area contributed by atoms with Crippen molar-refractivity contribution in [2.24, 2.45) is 0 Å². The SMILES string of the molecule is CCc1ccccc1NC(=O)C[NH+]1CC[NH+](Cc2ccc(OC)c(OC)c2)CC1. The normalized spacial score (nSPS) is 18.9. The van der Waals surface area contributed by atoms with Gasteiger partial charge in [-0.25, -0.2) is 0 Å². The van der Waals surface area contributed by atoms with Crippen molar-refractivity contribution in [3.05, 3.63) is 53.6 Å². The van der Waals surface area contributed by atoms with E-state index in [2.05, 4.69) is 30.4 Å². The molecular weight excluding hydrogens is 366 g/mol. The highest BCUT2D eigenvalue weighted by molar-refractivity contribution is 5.92. The predicted molar refractivity (Wildman–Crippen MR) is 114 cm³/mol.